The fourth-order valence-electron chi connectivity index (χ4n) is 1.35. The zero-order valence-electron chi connectivity index (χ0n) is 6.72. The van der Waals surface area contributed by atoms with Crippen molar-refractivity contribution >= 4 is 11.6 Å². The van der Waals surface area contributed by atoms with Crippen molar-refractivity contribution in [1.29, 1.82) is 0 Å². The molecule has 0 aliphatic heterocycles. The molecular formula is C9H12O2. The average Bonchev–Trinajstić information content (AvgIpc) is 2.18. The van der Waals surface area contributed by atoms with Crippen molar-refractivity contribution in [2.45, 2.75) is 26.2 Å². The second kappa shape index (κ2) is 2.99. The van der Waals surface area contributed by atoms with Crippen molar-refractivity contribution in [3.05, 3.63) is 12.2 Å². The van der Waals surface area contributed by atoms with Gasteiger partial charge in [0.2, 0.25) is 0 Å². The van der Waals surface area contributed by atoms with Crippen molar-refractivity contribution in [3.8, 4) is 0 Å². The van der Waals surface area contributed by atoms with E-state index < -0.39 is 0 Å². The molecule has 1 aliphatic rings. The molecule has 0 aromatic heterocycles. The van der Waals surface area contributed by atoms with E-state index in [1.165, 1.54) is 0 Å². The maximum Gasteiger partial charge on any atom is 0.144 e. The average molecular weight is 152 g/mol. The zero-order chi connectivity index (χ0) is 8.43. The van der Waals surface area contributed by atoms with Gasteiger partial charge in [-0.3, -0.25) is 9.59 Å². The Bertz CT molecular complexity index is 200. The standard InChI is InChI=1S/C9H12O2/c1-6(2)5-7-8(10)3-4-9(7)11/h7H,1,3-5H2,2H3. The molecule has 1 fully saturated rings. The largest absolute Gasteiger partial charge is 0.299 e. The number of carbonyl (C=O) groups excluding carboxylic acids is 2. The molecule has 0 aromatic rings. The summed E-state index contributed by atoms with van der Waals surface area (Å²) in [7, 11) is 0. The Labute approximate surface area is 66.3 Å². The van der Waals surface area contributed by atoms with Crippen LogP contribution < -0.4 is 0 Å². The molecule has 0 N–H and O–H groups in total. The van der Waals surface area contributed by atoms with Gasteiger partial charge in [-0.2, -0.15) is 0 Å². The van der Waals surface area contributed by atoms with Crippen LogP contribution in [0, 0.1) is 5.92 Å². The Morgan fingerprint density at radius 3 is 2.27 bits per heavy atom. The summed E-state index contributed by atoms with van der Waals surface area (Å²) < 4.78 is 0. The minimum absolute atomic E-state index is 0.0954. The molecule has 0 spiro atoms. The molecule has 0 atom stereocenters. The van der Waals surface area contributed by atoms with Gasteiger partial charge in [-0.05, 0) is 13.3 Å². The molecule has 2 nitrogen and oxygen atoms in total. The molecule has 1 aliphatic carbocycles. The number of ketones is 2. The molecule has 0 aromatic carbocycles. The lowest BCUT2D eigenvalue weighted by atomic mass is 9.98. The number of hydrogen-bond acceptors (Lipinski definition) is 2. The van der Waals surface area contributed by atoms with E-state index in [-0.39, 0.29) is 17.5 Å². The van der Waals surface area contributed by atoms with Gasteiger partial charge in [-0.25, -0.2) is 0 Å². The van der Waals surface area contributed by atoms with Gasteiger partial charge in [-0.15, -0.1) is 6.58 Å². The van der Waals surface area contributed by atoms with Crippen LogP contribution in [0.3, 0.4) is 0 Å². The van der Waals surface area contributed by atoms with Crippen LogP contribution in [0.15, 0.2) is 12.2 Å². The van der Waals surface area contributed by atoms with E-state index in [4.69, 9.17) is 0 Å². The van der Waals surface area contributed by atoms with Crippen LogP contribution in [0.25, 0.3) is 0 Å². The van der Waals surface area contributed by atoms with Gasteiger partial charge in [0.25, 0.3) is 0 Å². The summed E-state index contributed by atoms with van der Waals surface area (Å²) in [6.07, 6.45) is 1.44. The molecule has 0 bridgehead atoms. The van der Waals surface area contributed by atoms with Crippen molar-refractivity contribution in [2.24, 2.45) is 5.92 Å². The molecule has 0 unspecified atom stereocenters. The van der Waals surface area contributed by atoms with Gasteiger partial charge in [0.1, 0.15) is 11.6 Å². The lowest BCUT2D eigenvalue weighted by Crippen LogP contribution is -2.14. The first-order valence-electron chi connectivity index (χ1n) is 3.81. The Hall–Kier alpha value is -0.920. The lowest BCUT2D eigenvalue weighted by molar-refractivity contribution is -0.127. The normalized spacial score (nSPS) is 19.4. The molecule has 2 heteroatoms. The van der Waals surface area contributed by atoms with E-state index >= 15 is 0 Å². The van der Waals surface area contributed by atoms with Crippen LogP contribution in [-0.2, 0) is 9.59 Å². The number of rotatable bonds is 2. The van der Waals surface area contributed by atoms with Gasteiger partial charge in [0.05, 0.1) is 5.92 Å². The van der Waals surface area contributed by atoms with Gasteiger partial charge in [-0.1, -0.05) is 5.57 Å². The highest BCUT2D eigenvalue weighted by molar-refractivity contribution is 6.08. The van der Waals surface area contributed by atoms with Crippen LogP contribution in [0.5, 0.6) is 0 Å². The first kappa shape index (κ1) is 8.18. The minimum atomic E-state index is -0.354. The Morgan fingerprint density at radius 2 is 1.91 bits per heavy atom. The summed E-state index contributed by atoms with van der Waals surface area (Å²) >= 11 is 0. The van der Waals surface area contributed by atoms with E-state index in [2.05, 4.69) is 6.58 Å². The predicted molar refractivity (Wildman–Crippen MR) is 42.2 cm³/mol. The smallest absolute Gasteiger partial charge is 0.144 e. The highest BCUT2D eigenvalue weighted by Gasteiger charge is 2.32. The van der Waals surface area contributed by atoms with Crippen LogP contribution in [0.2, 0.25) is 0 Å². The third kappa shape index (κ3) is 1.76. The van der Waals surface area contributed by atoms with E-state index in [0.29, 0.717) is 19.3 Å². The maximum atomic E-state index is 11.1. The second-order valence-electron chi connectivity index (χ2n) is 3.15. The van der Waals surface area contributed by atoms with E-state index in [1.54, 1.807) is 0 Å². The van der Waals surface area contributed by atoms with Crippen molar-refractivity contribution < 1.29 is 9.59 Å². The van der Waals surface area contributed by atoms with E-state index in [1.807, 2.05) is 6.92 Å². The summed E-state index contributed by atoms with van der Waals surface area (Å²) in [5, 5.41) is 0. The highest BCUT2D eigenvalue weighted by Crippen LogP contribution is 2.23. The number of hydrogen-bond donors (Lipinski definition) is 0. The third-order valence-corrected chi connectivity index (χ3v) is 1.95. The quantitative estimate of drug-likeness (QED) is 0.444. The molecule has 11 heavy (non-hydrogen) atoms. The summed E-state index contributed by atoms with van der Waals surface area (Å²) in [6, 6.07) is 0. The number of Topliss-reactive ketones (excluding diaryl/α,β-unsaturated/α-hetero) is 2. The zero-order valence-corrected chi connectivity index (χ0v) is 6.72. The first-order chi connectivity index (χ1) is 5.11. The van der Waals surface area contributed by atoms with E-state index in [0.717, 1.165) is 5.57 Å². The van der Waals surface area contributed by atoms with Gasteiger partial charge in [0, 0.05) is 12.8 Å². The van der Waals surface area contributed by atoms with Crippen molar-refractivity contribution in [1.82, 2.24) is 0 Å². The first-order valence-corrected chi connectivity index (χ1v) is 3.81. The summed E-state index contributed by atoms with van der Waals surface area (Å²) in [5.74, 6) is -0.163. The summed E-state index contributed by atoms with van der Waals surface area (Å²) in [5.41, 5.74) is 0.915. The van der Waals surface area contributed by atoms with Crippen LogP contribution in [-0.4, -0.2) is 11.6 Å². The highest BCUT2D eigenvalue weighted by atomic mass is 16.2. The Kier molecular flexibility index (Phi) is 2.22. The minimum Gasteiger partial charge on any atom is -0.299 e. The lowest BCUT2D eigenvalue weighted by Gasteiger charge is -2.04. The third-order valence-electron chi connectivity index (χ3n) is 1.95. The molecule has 0 saturated heterocycles. The van der Waals surface area contributed by atoms with Crippen molar-refractivity contribution in [2.75, 3.05) is 0 Å². The Balaban J connectivity index is 2.62. The fourth-order valence-corrected chi connectivity index (χ4v) is 1.35. The molecule has 1 saturated carbocycles. The monoisotopic (exact) mass is 152 g/mol. The van der Waals surface area contributed by atoms with Crippen LogP contribution in [0.4, 0.5) is 0 Å². The number of carbonyl (C=O) groups is 2. The topological polar surface area (TPSA) is 34.1 Å². The van der Waals surface area contributed by atoms with Crippen LogP contribution in [0.1, 0.15) is 26.2 Å². The van der Waals surface area contributed by atoms with Crippen LogP contribution >= 0.6 is 0 Å². The summed E-state index contributed by atoms with van der Waals surface area (Å²) in [6.45, 7) is 5.53. The van der Waals surface area contributed by atoms with Gasteiger partial charge >= 0.3 is 0 Å². The molecule has 0 heterocycles. The maximum absolute atomic E-state index is 11.1. The molecule has 1 rings (SSSR count). The molecule has 0 radical (unpaired) electrons. The Morgan fingerprint density at radius 1 is 1.45 bits per heavy atom. The van der Waals surface area contributed by atoms with E-state index in [9.17, 15) is 9.59 Å². The second-order valence-corrected chi connectivity index (χ2v) is 3.15. The molecule has 60 valence electrons. The molecule has 0 amide bonds. The van der Waals surface area contributed by atoms with Gasteiger partial charge in [0.15, 0.2) is 0 Å². The number of allylic oxidation sites excluding steroid dienone is 1. The summed E-state index contributed by atoms with van der Waals surface area (Å²) in [4.78, 5) is 22.1. The van der Waals surface area contributed by atoms with Crippen molar-refractivity contribution in [3.63, 3.8) is 0 Å². The van der Waals surface area contributed by atoms with Gasteiger partial charge < -0.3 is 0 Å². The fraction of sp³-hybridized carbons (Fsp3) is 0.556. The SMILES string of the molecule is C=C(C)CC1C(=O)CCC1=O. The molecular weight excluding hydrogens is 140 g/mol. The predicted octanol–water partition coefficient (Wildman–Crippen LogP) is 1.50.